The molecular formula is C13H18F2N2. The molecule has 0 saturated heterocycles. The molecule has 0 saturated carbocycles. The van der Waals surface area contributed by atoms with Gasteiger partial charge in [-0.1, -0.05) is 27.7 Å². The smallest absolute Gasteiger partial charge is 0.151 e. The Labute approximate surface area is 101 Å². The normalized spacial score (nSPS) is 8.59. The summed E-state index contributed by atoms with van der Waals surface area (Å²) in [6, 6.07) is 5.04. The van der Waals surface area contributed by atoms with Gasteiger partial charge in [-0.05, 0) is 18.2 Å². The van der Waals surface area contributed by atoms with E-state index in [0.717, 1.165) is 6.07 Å². The Morgan fingerprint density at radius 3 is 2.18 bits per heavy atom. The van der Waals surface area contributed by atoms with Crippen LogP contribution >= 0.6 is 0 Å². The molecule has 17 heavy (non-hydrogen) atoms. The van der Waals surface area contributed by atoms with E-state index in [-0.39, 0.29) is 5.69 Å². The van der Waals surface area contributed by atoms with Crippen molar-refractivity contribution >= 4 is 0 Å². The van der Waals surface area contributed by atoms with Gasteiger partial charge in [0.1, 0.15) is 11.5 Å². The van der Waals surface area contributed by atoms with Gasteiger partial charge in [-0.25, -0.2) is 13.5 Å². The molecule has 94 valence electrons. The maximum absolute atomic E-state index is 13.1. The van der Waals surface area contributed by atoms with Crippen molar-refractivity contribution in [3.05, 3.63) is 48.3 Å². The van der Waals surface area contributed by atoms with Crippen LogP contribution in [0.2, 0.25) is 0 Å². The van der Waals surface area contributed by atoms with Gasteiger partial charge in [-0.3, -0.25) is 0 Å². The van der Waals surface area contributed by atoms with E-state index in [0.29, 0.717) is 0 Å². The summed E-state index contributed by atoms with van der Waals surface area (Å²) in [7, 11) is 0. The fourth-order valence-electron chi connectivity index (χ4n) is 1.08. The second-order valence-electron chi connectivity index (χ2n) is 2.55. The zero-order chi connectivity index (χ0) is 13.3. The lowest BCUT2D eigenvalue weighted by Crippen LogP contribution is -1.98. The summed E-state index contributed by atoms with van der Waals surface area (Å²) in [4.78, 5) is 0. The van der Waals surface area contributed by atoms with Crippen molar-refractivity contribution in [1.82, 2.24) is 9.78 Å². The van der Waals surface area contributed by atoms with Crippen LogP contribution in [0.25, 0.3) is 5.69 Å². The van der Waals surface area contributed by atoms with Crippen molar-refractivity contribution in [3.63, 3.8) is 0 Å². The van der Waals surface area contributed by atoms with Crippen molar-refractivity contribution in [2.45, 2.75) is 27.7 Å². The molecule has 2 aromatic rings. The predicted octanol–water partition coefficient (Wildman–Crippen LogP) is 4.20. The molecule has 1 aromatic heterocycles. The number of hydrogen-bond acceptors (Lipinski definition) is 1. The summed E-state index contributed by atoms with van der Waals surface area (Å²) in [5, 5.41) is 3.83. The maximum Gasteiger partial charge on any atom is 0.151 e. The number of nitrogens with zero attached hydrogens (tertiary/aromatic N) is 2. The first-order valence-corrected chi connectivity index (χ1v) is 5.72. The van der Waals surface area contributed by atoms with Crippen LogP contribution < -0.4 is 0 Å². The van der Waals surface area contributed by atoms with Crippen molar-refractivity contribution in [2.24, 2.45) is 0 Å². The molecule has 0 atom stereocenters. The van der Waals surface area contributed by atoms with E-state index in [2.05, 4.69) is 5.10 Å². The van der Waals surface area contributed by atoms with E-state index in [1.165, 1.54) is 23.0 Å². The molecule has 0 aliphatic rings. The molecule has 2 rings (SSSR count). The Bertz CT molecular complexity index is 411. The van der Waals surface area contributed by atoms with Crippen LogP contribution in [0.15, 0.2) is 36.7 Å². The third-order valence-corrected chi connectivity index (χ3v) is 1.66. The molecule has 0 spiro atoms. The summed E-state index contributed by atoms with van der Waals surface area (Å²) in [6.07, 6.45) is 3.12. The predicted molar refractivity (Wildman–Crippen MR) is 66.2 cm³/mol. The van der Waals surface area contributed by atoms with Gasteiger partial charge in [0, 0.05) is 18.5 Å². The van der Waals surface area contributed by atoms with E-state index in [1.54, 1.807) is 12.3 Å². The highest BCUT2D eigenvalue weighted by molar-refractivity contribution is 5.32. The topological polar surface area (TPSA) is 17.8 Å². The number of rotatable bonds is 1. The summed E-state index contributed by atoms with van der Waals surface area (Å²) in [6.45, 7) is 8.00. The highest BCUT2D eigenvalue weighted by Gasteiger charge is 2.04. The van der Waals surface area contributed by atoms with Gasteiger partial charge in [-0.15, -0.1) is 0 Å². The Morgan fingerprint density at radius 2 is 1.71 bits per heavy atom. The van der Waals surface area contributed by atoms with E-state index in [9.17, 15) is 8.78 Å². The monoisotopic (exact) mass is 240 g/mol. The minimum Gasteiger partial charge on any atom is -0.238 e. The van der Waals surface area contributed by atoms with Crippen LogP contribution in [0, 0.1) is 11.6 Å². The highest BCUT2D eigenvalue weighted by Crippen LogP contribution is 2.12. The lowest BCUT2D eigenvalue weighted by molar-refractivity contribution is 0.573. The second kappa shape index (κ2) is 8.44. The van der Waals surface area contributed by atoms with Crippen LogP contribution in [0.4, 0.5) is 8.78 Å². The maximum atomic E-state index is 13.1. The SMILES string of the molecule is CC.CC.Fc1ccc(-n2cccn2)c(F)c1. The molecule has 0 fully saturated rings. The summed E-state index contributed by atoms with van der Waals surface area (Å²) < 4.78 is 27.0. The molecule has 1 heterocycles. The third-order valence-electron chi connectivity index (χ3n) is 1.66. The summed E-state index contributed by atoms with van der Waals surface area (Å²) in [5.41, 5.74) is 0.242. The molecule has 2 nitrogen and oxygen atoms in total. The van der Waals surface area contributed by atoms with Gasteiger partial charge in [0.25, 0.3) is 0 Å². The van der Waals surface area contributed by atoms with Crippen molar-refractivity contribution < 1.29 is 8.78 Å². The second-order valence-corrected chi connectivity index (χ2v) is 2.55. The number of aromatic nitrogens is 2. The molecular weight excluding hydrogens is 222 g/mol. The Kier molecular flexibility index (Phi) is 7.59. The van der Waals surface area contributed by atoms with Crippen LogP contribution in [0.1, 0.15) is 27.7 Å². The molecule has 0 unspecified atom stereocenters. The molecule has 0 amide bonds. The van der Waals surface area contributed by atoms with Crippen molar-refractivity contribution in [1.29, 1.82) is 0 Å². The summed E-state index contributed by atoms with van der Waals surface area (Å²) >= 11 is 0. The van der Waals surface area contributed by atoms with Crippen LogP contribution in [0.5, 0.6) is 0 Å². The molecule has 1 aromatic carbocycles. The number of hydrogen-bond donors (Lipinski definition) is 0. The Balaban J connectivity index is 0.000000581. The average Bonchev–Trinajstić information content (AvgIpc) is 2.88. The van der Waals surface area contributed by atoms with Crippen molar-refractivity contribution in [2.75, 3.05) is 0 Å². The lowest BCUT2D eigenvalue weighted by Gasteiger charge is -2.01. The minimum atomic E-state index is -0.622. The van der Waals surface area contributed by atoms with Gasteiger partial charge in [0.15, 0.2) is 5.82 Å². The van der Waals surface area contributed by atoms with Gasteiger partial charge in [-0.2, -0.15) is 5.10 Å². The van der Waals surface area contributed by atoms with E-state index in [1.807, 2.05) is 27.7 Å². The largest absolute Gasteiger partial charge is 0.238 e. The van der Waals surface area contributed by atoms with Crippen molar-refractivity contribution in [3.8, 4) is 5.69 Å². The quantitative estimate of drug-likeness (QED) is 0.730. The molecule has 0 aliphatic carbocycles. The van der Waals surface area contributed by atoms with Gasteiger partial charge in [0.05, 0.1) is 0 Å². The lowest BCUT2D eigenvalue weighted by atomic mass is 10.3. The molecule has 0 aliphatic heterocycles. The molecule has 0 N–H and O–H groups in total. The number of benzene rings is 1. The first-order valence-electron chi connectivity index (χ1n) is 5.72. The first-order chi connectivity index (χ1) is 8.27. The Morgan fingerprint density at radius 1 is 1.06 bits per heavy atom. The van der Waals surface area contributed by atoms with Crippen LogP contribution in [-0.2, 0) is 0 Å². The van der Waals surface area contributed by atoms with Crippen LogP contribution in [0.3, 0.4) is 0 Å². The zero-order valence-corrected chi connectivity index (χ0v) is 10.6. The van der Waals surface area contributed by atoms with E-state index >= 15 is 0 Å². The zero-order valence-electron chi connectivity index (χ0n) is 10.6. The highest BCUT2D eigenvalue weighted by atomic mass is 19.1. The van der Waals surface area contributed by atoms with Gasteiger partial charge < -0.3 is 0 Å². The molecule has 0 bridgehead atoms. The third kappa shape index (κ3) is 4.34. The number of halogens is 2. The first kappa shape index (κ1) is 15.3. The minimum absolute atomic E-state index is 0.242. The summed E-state index contributed by atoms with van der Waals surface area (Å²) in [5.74, 6) is -1.21. The van der Waals surface area contributed by atoms with Gasteiger partial charge in [0.2, 0.25) is 0 Å². The van der Waals surface area contributed by atoms with E-state index in [4.69, 9.17) is 0 Å². The fourth-order valence-corrected chi connectivity index (χ4v) is 1.08. The Hall–Kier alpha value is -1.71. The average molecular weight is 240 g/mol. The van der Waals surface area contributed by atoms with Gasteiger partial charge >= 0.3 is 0 Å². The van der Waals surface area contributed by atoms with E-state index < -0.39 is 11.6 Å². The molecule has 4 heteroatoms. The molecule has 0 radical (unpaired) electrons. The standard InChI is InChI=1S/C9H6F2N2.2C2H6/c10-7-2-3-9(8(11)6-7)13-5-1-4-12-13;2*1-2/h1-6H;2*1-2H3. The van der Waals surface area contributed by atoms with Crippen LogP contribution in [-0.4, -0.2) is 9.78 Å². The fraction of sp³-hybridized carbons (Fsp3) is 0.308.